The fraction of sp³-hybridized carbons (Fsp3) is 0.538. The Kier molecular flexibility index (Phi) is 6.57. The Morgan fingerprint density at radius 3 is 1.70 bits per heavy atom. The van der Waals surface area contributed by atoms with Crippen LogP contribution in [-0.2, 0) is 10.8 Å². The molecule has 1 atom stereocenters. The summed E-state index contributed by atoms with van der Waals surface area (Å²) < 4.78 is 0. The maximum absolute atomic E-state index is 11.2. The molecule has 1 saturated heterocycles. The van der Waals surface area contributed by atoms with Crippen LogP contribution >= 0.6 is 11.6 Å². The molecule has 4 heteroatoms. The van der Waals surface area contributed by atoms with Crippen molar-refractivity contribution in [3.63, 3.8) is 0 Å². The van der Waals surface area contributed by atoms with Crippen LogP contribution in [0.4, 0.5) is 0 Å². The molecule has 1 fully saturated rings. The molecule has 1 aliphatic rings. The maximum Gasteiger partial charge on any atom is 0.123 e. The molecule has 0 aromatic heterocycles. The predicted molar refractivity (Wildman–Crippen MR) is 128 cm³/mol. The molecule has 0 saturated carbocycles. The van der Waals surface area contributed by atoms with Crippen LogP contribution in [-0.4, -0.2) is 48.1 Å². The first kappa shape index (κ1) is 23.1. The van der Waals surface area contributed by atoms with Gasteiger partial charge in [-0.3, -0.25) is 4.90 Å². The van der Waals surface area contributed by atoms with Crippen LogP contribution in [0.25, 0.3) is 0 Å². The summed E-state index contributed by atoms with van der Waals surface area (Å²) >= 11 is 6.20. The largest absolute Gasteiger partial charge is 0.507 e. The van der Waals surface area contributed by atoms with Gasteiger partial charge in [0.1, 0.15) is 5.75 Å². The van der Waals surface area contributed by atoms with E-state index in [1.807, 2.05) is 12.1 Å². The lowest BCUT2D eigenvalue weighted by molar-refractivity contribution is 0.127. The average Bonchev–Trinajstić information content (AvgIpc) is 2.64. The van der Waals surface area contributed by atoms with Crippen LogP contribution in [0.3, 0.4) is 0 Å². The summed E-state index contributed by atoms with van der Waals surface area (Å²) in [5.74, 6) is 0.437. The normalized spacial score (nSPS) is 17.9. The van der Waals surface area contributed by atoms with E-state index in [2.05, 4.69) is 82.7 Å². The Bertz CT molecular complexity index is 834. The highest BCUT2D eigenvalue weighted by atomic mass is 35.5. The quantitative estimate of drug-likeness (QED) is 0.651. The van der Waals surface area contributed by atoms with Crippen LogP contribution in [0, 0.1) is 0 Å². The third kappa shape index (κ3) is 5.01. The molecule has 0 amide bonds. The number of halogens is 1. The highest BCUT2D eigenvalue weighted by Gasteiger charge is 2.31. The molecule has 0 spiro atoms. The van der Waals surface area contributed by atoms with Gasteiger partial charge >= 0.3 is 0 Å². The second kappa shape index (κ2) is 8.53. The minimum atomic E-state index is -0.146. The van der Waals surface area contributed by atoms with Gasteiger partial charge in [-0.2, -0.15) is 0 Å². The second-order valence-electron chi connectivity index (χ2n) is 10.8. The number of likely N-dealkylation sites (N-methyl/N-ethyl adjacent to an activating group) is 1. The number of hydrogen-bond donors (Lipinski definition) is 1. The summed E-state index contributed by atoms with van der Waals surface area (Å²) in [5, 5.41) is 11.9. The van der Waals surface area contributed by atoms with Gasteiger partial charge in [0.05, 0.1) is 6.04 Å². The number of phenolic OH excluding ortho intramolecular Hbond substituents is 1. The zero-order chi connectivity index (χ0) is 22.3. The average molecular weight is 429 g/mol. The number of piperazine rings is 1. The summed E-state index contributed by atoms with van der Waals surface area (Å²) in [4.78, 5) is 4.95. The topological polar surface area (TPSA) is 26.7 Å². The van der Waals surface area contributed by atoms with Crippen molar-refractivity contribution < 1.29 is 5.11 Å². The Morgan fingerprint density at radius 1 is 0.800 bits per heavy atom. The molecule has 0 radical (unpaired) electrons. The molecule has 2 aromatic carbocycles. The van der Waals surface area contributed by atoms with Crippen molar-refractivity contribution in [2.75, 3.05) is 33.2 Å². The first-order valence-corrected chi connectivity index (χ1v) is 11.3. The van der Waals surface area contributed by atoms with E-state index in [1.54, 1.807) is 0 Å². The number of rotatable bonds is 3. The molecule has 0 aliphatic carbocycles. The molecular weight excluding hydrogens is 392 g/mol. The summed E-state index contributed by atoms with van der Waals surface area (Å²) in [6, 6.07) is 12.8. The highest BCUT2D eigenvalue weighted by molar-refractivity contribution is 6.30. The van der Waals surface area contributed by atoms with E-state index in [4.69, 9.17) is 11.6 Å². The summed E-state index contributed by atoms with van der Waals surface area (Å²) in [7, 11) is 2.19. The van der Waals surface area contributed by atoms with Crippen molar-refractivity contribution >= 4 is 11.6 Å². The van der Waals surface area contributed by atoms with Gasteiger partial charge in [0.15, 0.2) is 0 Å². The van der Waals surface area contributed by atoms with Gasteiger partial charge in [0.2, 0.25) is 0 Å². The highest BCUT2D eigenvalue weighted by Crippen LogP contribution is 2.43. The SMILES string of the molecule is CN1CCN([C@@H](c2ccc(Cl)cc2)c2cc(C(C)(C)C)c(O)c(C(C)(C)C)c2)CC1. The lowest BCUT2D eigenvalue weighted by atomic mass is 9.77. The maximum atomic E-state index is 11.2. The van der Waals surface area contributed by atoms with Gasteiger partial charge in [0, 0.05) is 31.2 Å². The van der Waals surface area contributed by atoms with Gasteiger partial charge in [-0.15, -0.1) is 0 Å². The van der Waals surface area contributed by atoms with Crippen LogP contribution in [0.5, 0.6) is 5.75 Å². The molecule has 1 aliphatic heterocycles. The van der Waals surface area contributed by atoms with E-state index < -0.39 is 0 Å². The molecule has 0 bridgehead atoms. The standard InChI is InChI=1S/C26H37ClN2O/c1-25(2,3)21-16-19(17-22(24(21)30)26(4,5)6)23(18-8-10-20(27)11-9-18)29-14-12-28(7)13-15-29/h8-11,16-17,23,30H,12-15H2,1-7H3/t23-/m0/s1. The first-order chi connectivity index (χ1) is 13.9. The van der Waals surface area contributed by atoms with E-state index >= 15 is 0 Å². The predicted octanol–water partition coefficient (Wildman–Crippen LogP) is 5.98. The molecule has 3 rings (SSSR count). The van der Waals surface area contributed by atoms with Gasteiger partial charge < -0.3 is 10.0 Å². The van der Waals surface area contributed by atoms with Crippen molar-refractivity contribution in [3.05, 3.63) is 63.7 Å². The molecule has 164 valence electrons. The summed E-state index contributed by atoms with van der Waals surface area (Å²) in [5.41, 5.74) is 4.22. The minimum absolute atomic E-state index is 0.138. The van der Waals surface area contributed by atoms with E-state index in [9.17, 15) is 5.11 Å². The van der Waals surface area contributed by atoms with Crippen molar-refractivity contribution in [1.29, 1.82) is 0 Å². The number of benzene rings is 2. The zero-order valence-electron chi connectivity index (χ0n) is 19.6. The molecule has 1 N–H and O–H groups in total. The van der Waals surface area contributed by atoms with E-state index in [-0.39, 0.29) is 16.9 Å². The van der Waals surface area contributed by atoms with E-state index in [0.717, 1.165) is 42.3 Å². The Hall–Kier alpha value is -1.55. The molecule has 30 heavy (non-hydrogen) atoms. The Morgan fingerprint density at radius 2 is 1.27 bits per heavy atom. The number of phenols is 1. The van der Waals surface area contributed by atoms with Crippen LogP contribution in [0.1, 0.15) is 69.8 Å². The fourth-order valence-corrected chi connectivity index (χ4v) is 4.42. The van der Waals surface area contributed by atoms with Crippen molar-refractivity contribution in [3.8, 4) is 5.75 Å². The van der Waals surface area contributed by atoms with Crippen molar-refractivity contribution in [2.24, 2.45) is 0 Å². The van der Waals surface area contributed by atoms with E-state index in [0.29, 0.717) is 5.75 Å². The monoisotopic (exact) mass is 428 g/mol. The first-order valence-electron chi connectivity index (χ1n) is 10.9. The molecular formula is C26H37ClN2O. The molecule has 3 nitrogen and oxygen atoms in total. The summed E-state index contributed by atoms with van der Waals surface area (Å²) in [6.45, 7) is 17.2. The third-order valence-corrected chi connectivity index (χ3v) is 6.40. The fourth-order valence-electron chi connectivity index (χ4n) is 4.30. The van der Waals surface area contributed by atoms with Crippen LogP contribution in [0.2, 0.25) is 5.02 Å². The molecule has 1 heterocycles. The lowest BCUT2D eigenvalue weighted by Crippen LogP contribution is -2.46. The third-order valence-electron chi connectivity index (χ3n) is 6.15. The van der Waals surface area contributed by atoms with Gasteiger partial charge in [-0.1, -0.05) is 65.3 Å². The number of nitrogens with zero attached hydrogens (tertiary/aromatic N) is 2. The van der Waals surface area contributed by atoms with Crippen molar-refractivity contribution in [1.82, 2.24) is 9.80 Å². The lowest BCUT2D eigenvalue weighted by Gasteiger charge is -2.39. The number of aromatic hydroxyl groups is 1. The Labute approximate surface area is 187 Å². The Balaban J connectivity index is 2.20. The van der Waals surface area contributed by atoms with Crippen LogP contribution in [0.15, 0.2) is 36.4 Å². The molecule has 2 aromatic rings. The zero-order valence-corrected chi connectivity index (χ0v) is 20.3. The smallest absolute Gasteiger partial charge is 0.123 e. The molecule has 0 unspecified atom stereocenters. The van der Waals surface area contributed by atoms with Crippen molar-refractivity contribution in [2.45, 2.75) is 58.4 Å². The van der Waals surface area contributed by atoms with Crippen LogP contribution < -0.4 is 0 Å². The van der Waals surface area contributed by atoms with Gasteiger partial charge in [0.25, 0.3) is 0 Å². The number of hydrogen-bond acceptors (Lipinski definition) is 3. The second-order valence-corrected chi connectivity index (χ2v) is 11.2. The summed E-state index contributed by atoms with van der Waals surface area (Å²) in [6.07, 6.45) is 0. The minimum Gasteiger partial charge on any atom is -0.507 e. The van der Waals surface area contributed by atoms with Gasteiger partial charge in [-0.05, 0) is 64.4 Å². The van der Waals surface area contributed by atoms with Gasteiger partial charge in [-0.25, -0.2) is 0 Å². The van der Waals surface area contributed by atoms with E-state index in [1.165, 1.54) is 11.1 Å².